The quantitative estimate of drug-likeness (QED) is 0.242. The first-order chi connectivity index (χ1) is 21.8. The van der Waals surface area contributed by atoms with E-state index >= 15 is 0 Å². The van der Waals surface area contributed by atoms with E-state index in [0.29, 0.717) is 25.1 Å². The topological polar surface area (TPSA) is 137 Å². The largest absolute Gasteiger partial charge is 0.483 e. The summed E-state index contributed by atoms with van der Waals surface area (Å²) in [5, 5.41) is 21.8. The first-order valence-electron chi connectivity index (χ1n) is 15.9. The minimum Gasteiger partial charge on any atom is -0.483 e. The molecule has 4 rings (SSSR count). The lowest BCUT2D eigenvalue weighted by atomic mass is 9.97. The SMILES string of the molecule is CC(C)[C@H](NC(=O)COc1cccc2ccccc12)C(=O)N[C@@H](Cc1ccccc1)[C@H](O)C(=O)N1CCC[C@H]1C(=O)NC(C)(C)C. The first-order valence-corrected chi connectivity index (χ1v) is 15.9. The summed E-state index contributed by atoms with van der Waals surface area (Å²) in [4.78, 5) is 54.8. The number of hydrogen-bond acceptors (Lipinski definition) is 6. The maximum Gasteiger partial charge on any atom is 0.258 e. The number of carbonyl (C=O) groups excluding carboxylic acids is 4. The fourth-order valence-electron chi connectivity index (χ4n) is 5.70. The Morgan fingerprint density at radius 1 is 0.935 bits per heavy atom. The van der Waals surface area contributed by atoms with Gasteiger partial charge in [0.1, 0.15) is 17.8 Å². The van der Waals surface area contributed by atoms with E-state index in [1.807, 2.05) is 87.5 Å². The Balaban J connectivity index is 1.47. The minimum atomic E-state index is -1.62. The van der Waals surface area contributed by atoms with Gasteiger partial charge in [0.25, 0.3) is 11.8 Å². The van der Waals surface area contributed by atoms with Gasteiger partial charge in [-0.15, -0.1) is 0 Å². The lowest BCUT2D eigenvalue weighted by Gasteiger charge is -2.33. The van der Waals surface area contributed by atoms with E-state index < -0.39 is 47.5 Å². The molecule has 3 aromatic rings. The van der Waals surface area contributed by atoms with Crippen LogP contribution in [0.4, 0.5) is 0 Å². The van der Waals surface area contributed by atoms with E-state index in [1.165, 1.54) is 4.90 Å². The van der Waals surface area contributed by atoms with Crippen LogP contribution in [0.3, 0.4) is 0 Å². The molecule has 1 heterocycles. The summed E-state index contributed by atoms with van der Waals surface area (Å²) in [7, 11) is 0. The number of nitrogens with zero attached hydrogens (tertiary/aromatic N) is 1. The number of benzene rings is 3. The molecule has 0 aliphatic carbocycles. The summed E-state index contributed by atoms with van der Waals surface area (Å²) in [5.74, 6) is -1.67. The van der Waals surface area contributed by atoms with Gasteiger partial charge in [-0.2, -0.15) is 0 Å². The molecule has 0 radical (unpaired) electrons. The second-order valence-electron chi connectivity index (χ2n) is 13.2. The third-order valence-electron chi connectivity index (χ3n) is 7.97. The highest BCUT2D eigenvalue weighted by atomic mass is 16.5. The number of aliphatic hydroxyl groups is 1. The fraction of sp³-hybridized carbons (Fsp3) is 0.444. The molecule has 1 saturated heterocycles. The van der Waals surface area contributed by atoms with Gasteiger partial charge in [-0.25, -0.2) is 0 Å². The molecule has 246 valence electrons. The van der Waals surface area contributed by atoms with Crippen molar-refractivity contribution in [2.24, 2.45) is 5.92 Å². The van der Waals surface area contributed by atoms with E-state index in [9.17, 15) is 24.3 Å². The third kappa shape index (κ3) is 9.06. The van der Waals surface area contributed by atoms with Gasteiger partial charge in [0.05, 0.1) is 6.04 Å². The number of aliphatic hydroxyl groups excluding tert-OH is 1. The number of nitrogens with one attached hydrogen (secondary N) is 3. The number of hydrogen-bond donors (Lipinski definition) is 4. The van der Waals surface area contributed by atoms with Crippen LogP contribution < -0.4 is 20.7 Å². The van der Waals surface area contributed by atoms with Crippen LogP contribution >= 0.6 is 0 Å². The van der Waals surface area contributed by atoms with E-state index in [0.717, 1.165) is 16.3 Å². The molecule has 10 nitrogen and oxygen atoms in total. The maximum absolute atomic E-state index is 13.7. The summed E-state index contributed by atoms with van der Waals surface area (Å²) in [6.45, 7) is 9.22. The maximum atomic E-state index is 13.7. The summed E-state index contributed by atoms with van der Waals surface area (Å²) in [6, 6.07) is 19.8. The van der Waals surface area contributed by atoms with E-state index in [2.05, 4.69) is 16.0 Å². The second-order valence-corrected chi connectivity index (χ2v) is 13.2. The molecule has 4 N–H and O–H groups in total. The summed E-state index contributed by atoms with van der Waals surface area (Å²) in [6.07, 6.45) is -0.350. The van der Waals surface area contributed by atoms with Crippen molar-refractivity contribution in [1.29, 1.82) is 0 Å². The molecule has 10 heteroatoms. The number of fused-ring (bicyclic) bond motifs is 1. The summed E-state index contributed by atoms with van der Waals surface area (Å²) in [5.41, 5.74) is 0.323. The van der Waals surface area contributed by atoms with Gasteiger partial charge in [0.2, 0.25) is 11.8 Å². The molecule has 1 aliphatic rings. The standard InChI is InChI=1S/C36H46N4O6/c1-23(2)31(38-30(41)22-46-29-19-11-16-25-15-9-10-17-26(25)29)34(44)37-27(21-24-13-7-6-8-14-24)32(42)35(45)40-20-12-18-28(40)33(43)39-36(3,4)5/h6-11,13-17,19,23,27-28,31-32,42H,12,18,20-22H2,1-5H3,(H,37,44)(H,38,41)(H,39,43)/t27-,28-,31-,32-/m0/s1. The Morgan fingerprint density at radius 2 is 1.61 bits per heavy atom. The van der Waals surface area contributed by atoms with Crippen molar-refractivity contribution >= 4 is 34.4 Å². The zero-order valence-corrected chi connectivity index (χ0v) is 27.3. The van der Waals surface area contributed by atoms with Crippen molar-refractivity contribution in [3.8, 4) is 5.75 Å². The zero-order valence-electron chi connectivity index (χ0n) is 27.3. The smallest absolute Gasteiger partial charge is 0.258 e. The van der Waals surface area contributed by atoms with Gasteiger partial charge in [0.15, 0.2) is 12.7 Å². The first kappa shape index (κ1) is 34.4. The number of ether oxygens (including phenoxy) is 1. The van der Waals surface area contributed by atoms with Crippen LogP contribution in [0.2, 0.25) is 0 Å². The highest BCUT2D eigenvalue weighted by Crippen LogP contribution is 2.25. The van der Waals surface area contributed by atoms with Crippen LogP contribution in [-0.4, -0.2) is 76.6 Å². The van der Waals surface area contributed by atoms with Crippen LogP contribution in [0.25, 0.3) is 10.8 Å². The lowest BCUT2D eigenvalue weighted by molar-refractivity contribution is -0.147. The van der Waals surface area contributed by atoms with Crippen molar-refractivity contribution in [1.82, 2.24) is 20.9 Å². The van der Waals surface area contributed by atoms with Crippen molar-refractivity contribution in [2.75, 3.05) is 13.2 Å². The van der Waals surface area contributed by atoms with Crippen LogP contribution in [0.15, 0.2) is 72.8 Å². The molecule has 0 bridgehead atoms. The van der Waals surface area contributed by atoms with E-state index in [-0.39, 0.29) is 24.9 Å². The number of amides is 4. The van der Waals surface area contributed by atoms with Gasteiger partial charge < -0.3 is 30.7 Å². The Kier molecular flexibility index (Phi) is 11.4. The average molecular weight is 631 g/mol. The van der Waals surface area contributed by atoms with E-state index in [1.54, 1.807) is 19.9 Å². The van der Waals surface area contributed by atoms with Gasteiger partial charge in [0, 0.05) is 17.5 Å². The molecule has 3 aromatic carbocycles. The molecule has 0 saturated carbocycles. The average Bonchev–Trinajstić information content (AvgIpc) is 3.51. The Labute approximate surface area is 270 Å². The molecule has 0 unspecified atom stereocenters. The number of rotatable bonds is 12. The Bertz CT molecular complexity index is 1510. The molecular weight excluding hydrogens is 584 g/mol. The Morgan fingerprint density at radius 3 is 2.30 bits per heavy atom. The van der Waals surface area contributed by atoms with Crippen LogP contribution in [0, 0.1) is 5.92 Å². The summed E-state index contributed by atoms with van der Waals surface area (Å²) >= 11 is 0. The third-order valence-corrected chi connectivity index (χ3v) is 7.97. The predicted molar refractivity (Wildman–Crippen MR) is 177 cm³/mol. The molecule has 0 aromatic heterocycles. The highest BCUT2D eigenvalue weighted by molar-refractivity contribution is 5.92. The predicted octanol–water partition coefficient (Wildman–Crippen LogP) is 3.35. The normalized spacial score (nSPS) is 16.8. The van der Waals surface area contributed by atoms with Crippen LogP contribution in [0.1, 0.15) is 53.0 Å². The molecule has 46 heavy (non-hydrogen) atoms. The monoisotopic (exact) mass is 630 g/mol. The second kappa shape index (κ2) is 15.2. The molecule has 1 aliphatic heterocycles. The minimum absolute atomic E-state index is 0.162. The zero-order chi connectivity index (χ0) is 33.4. The van der Waals surface area contributed by atoms with E-state index in [4.69, 9.17) is 4.74 Å². The fourth-order valence-corrected chi connectivity index (χ4v) is 5.70. The van der Waals surface area contributed by atoms with Gasteiger partial charge >= 0.3 is 0 Å². The number of carbonyl (C=O) groups is 4. The Hall–Kier alpha value is -4.44. The van der Waals surface area contributed by atoms with Crippen LogP contribution in [-0.2, 0) is 25.6 Å². The molecule has 0 spiro atoms. The molecule has 1 fully saturated rings. The van der Waals surface area contributed by atoms with Crippen molar-refractivity contribution in [2.45, 2.75) is 83.6 Å². The van der Waals surface area contributed by atoms with Crippen molar-refractivity contribution in [3.63, 3.8) is 0 Å². The molecular formula is C36H46N4O6. The van der Waals surface area contributed by atoms with Gasteiger partial charge in [-0.1, -0.05) is 80.6 Å². The lowest BCUT2D eigenvalue weighted by Crippen LogP contribution is -2.59. The summed E-state index contributed by atoms with van der Waals surface area (Å²) < 4.78 is 5.82. The molecule has 4 amide bonds. The number of likely N-dealkylation sites (tertiary alicyclic amines) is 1. The van der Waals surface area contributed by atoms with Crippen molar-refractivity contribution in [3.05, 3.63) is 78.4 Å². The molecule has 4 atom stereocenters. The van der Waals surface area contributed by atoms with Crippen LogP contribution in [0.5, 0.6) is 5.75 Å². The highest BCUT2D eigenvalue weighted by Gasteiger charge is 2.41. The van der Waals surface area contributed by atoms with Crippen molar-refractivity contribution < 1.29 is 29.0 Å². The van der Waals surface area contributed by atoms with Gasteiger partial charge in [-0.3, -0.25) is 19.2 Å². The van der Waals surface area contributed by atoms with Gasteiger partial charge in [-0.05, 0) is 63.0 Å².